The number of methoxy groups -OCH3 is 1. The molecule has 2 atom stereocenters. The topological polar surface area (TPSA) is 59.0 Å². The number of carbonyl (C=O) groups excluding carboxylic acids is 2. The standard InChI is InChI=1S/C34H28N2O3/c1-20-12-13-21(2)28(18-20)35-19-34-26-10-6-4-8-24(26)29(25-9-5-7-11-27(25)34)30-31(34)33(38)36(32(30)37)22-14-16-23(39-3)17-15-22/h4-19,29-31H,1-3H3/t29?,30-,31+,34?/m0/s1. The SMILES string of the molecule is COc1ccc(N2C(=O)[C@H]3C4c5ccccc5C(C=Nc5cc(C)ccc5C)(c5ccccc54)[C@H]3C2=O)cc1. The molecule has 39 heavy (non-hydrogen) atoms. The smallest absolute Gasteiger partial charge is 0.239 e. The van der Waals surface area contributed by atoms with Crippen molar-refractivity contribution in [1.29, 1.82) is 0 Å². The third kappa shape index (κ3) is 3.16. The minimum absolute atomic E-state index is 0.159. The summed E-state index contributed by atoms with van der Waals surface area (Å²) >= 11 is 0. The molecule has 1 fully saturated rings. The van der Waals surface area contributed by atoms with Crippen LogP contribution in [-0.4, -0.2) is 25.1 Å². The zero-order chi connectivity index (χ0) is 26.9. The van der Waals surface area contributed by atoms with Gasteiger partial charge < -0.3 is 4.74 Å². The first kappa shape index (κ1) is 23.6. The van der Waals surface area contributed by atoms with Gasteiger partial charge in [0.25, 0.3) is 0 Å². The maximum Gasteiger partial charge on any atom is 0.239 e. The summed E-state index contributed by atoms with van der Waals surface area (Å²) in [5.41, 5.74) is 7.05. The highest BCUT2D eigenvalue weighted by atomic mass is 16.5. The second kappa shape index (κ2) is 8.50. The van der Waals surface area contributed by atoms with Gasteiger partial charge in [-0.2, -0.15) is 0 Å². The second-order valence-corrected chi connectivity index (χ2v) is 10.8. The molecule has 4 aliphatic rings. The molecule has 8 rings (SSSR count). The van der Waals surface area contributed by atoms with Gasteiger partial charge in [-0.1, -0.05) is 60.7 Å². The van der Waals surface area contributed by atoms with Crippen LogP contribution in [-0.2, 0) is 15.0 Å². The fourth-order valence-electron chi connectivity index (χ4n) is 7.07. The lowest BCUT2D eigenvalue weighted by Crippen LogP contribution is -2.54. The number of rotatable bonds is 4. The van der Waals surface area contributed by atoms with Crippen LogP contribution in [0.15, 0.2) is 96.0 Å². The molecule has 0 radical (unpaired) electrons. The van der Waals surface area contributed by atoms with Crippen molar-refractivity contribution in [3.8, 4) is 5.75 Å². The Bertz CT molecular complexity index is 1640. The maximum absolute atomic E-state index is 14.5. The largest absolute Gasteiger partial charge is 0.497 e. The molecule has 4 aromatic carbocycles. The average Bonchev–Trinajstić information content (AvgIpc) is 3.24. The van der Waals surface area contributed by atoms with Gasteiger partial charge in [-0.05, 0) is 77.6 Å². The van der Waals surface area contributed by atoms with Gasteiger partial charge in [0.1, 0.15) is 5.75 Å². The van der Waals surface area contributed by atoms with E-state index in [1.165, 1.54) is 4.90 Å². The van der Waals surface area contributed by atoms with E-state index in [0.29, 0.717) is 11.4 Å². The second-order valence-electron chi connectivity index (χ2n) is 10.8. The van der Waals surface area contributed by atoms with Crippen molar-refractivity contribution in [2.75, 3.05) is 12.0 Å². The van der Waals surface area contributed by atoms with E-state index < -0.39 is 17.3 Å². The number of nitrogens with zero attached hydrogens (tertiary/aromatic N) is 2. The van der Waals surface area contributed by atoms with Gasteiger partial charge in [0, 0.05) is 12.1 Å². The Morgan fingerprint density at radius 1 is 0.821 bits per heavy atom. The molecular formula is C34H28N2O3. The van der Waals surface area contributed by atoms with Crippen LogP contribution < -0.4 is 9.64 Å². The Morgan fingerprint density at radius 3 is 2.10 bits per heavy atom. The van der Waals surface area contributed by atoms with Crippen LogP contribution in [0.2, 0.25) is 0 Å². The Balaban J connectivity index is 1.49. The predicted molar refractivity (Wildman–Crippen MR) is 152 cm³/mol. The lowest BCUT2D eigenvalue weighted by Gasteiger charge is -2.52. The molecule has 2 bridgehead atoms. The van der Waals surface area contributed by atoms with Crippen molar-refractivity contribution < 1.29 is 14.3 Å². The molecule has 192 valence electrons. The van der Waals surface area contributed by atoms with Crippen molar-refractivity contribution in [2.45, 2.75) is 25.2 Å². The molecule has 3 aliphatic carbocycles. The fourth-order valence-corrected chi connectivity index (χ4v) is 7.07. The Labute approximate surface area is 227 Å². The maximum atomic E-state index is 14.5. The molecule has 1 heterocycles. The van der Waals surface area contributed by atoms with E-state index in [1.54, 1.807) is 31.4 Å². The lowest BCUT2D eigenvalue weighted by atomic mass is 9.47. The normalized spacial score (nSPS) is 24.6. The number of imide groups is 1. The third-order valence-electron chi connectivity index (χ3n) is 8.79. The molecule has 1 saturated heterocycles. The van der Waals surface area contributed by atoms with Crippen LogP contribution in [0.5, 0.6) is 5.75 Å². The quantitative estimate of drug-likeness (QED) is 0.239. The summed E-state index contributed by atoms with van der Waals surface area (Å²) in [5.74, 6) is -0.985. The van der Waals surface area contributed by atoms with Crippen LogP contribution in [0, 0.1) is 25.7 Å². The lowest BCUT2D eigenvalue weighted by molar-refractivity contribution is -0.122. The minimum atomic E-state index is -0.878. The van der Waals surface area contributed by atoms with E-state index in [-0.39, 0.29) is 17.7 Å². The first-order valence-electron chi connectivity index (χ1n) is 13.3. The molecule has 1 aliphatic heterocycles. The number of hydrogen-bond donors (Lipinski definition) is 0. The number of carbonyl (C=O) groups is 2. The number of aryl methyl sites for hydroxylation is 2. The molecular weight excluding hydrogens is 484 g/mol. The van der Waals surface area contributed by atoms with E-state index in [1.807, 2.05) is 37.4 Å². The number of hydrogen-bond acceptors (Lipinski definition) is 4. The predicted octanol–water partition coefficient (Wildman–Crippen LogP) is 6.27. The van der Waals surface area contributed by atoms with E-state index in [2.05, 4.69) is 49.4 Å². The highest BCUT2D eigenvalue weighted by Crippen LogP contribution is 2.63. The van der Waals surface area contributed by atoms with Gasteiger partial charge in [0.15, 0.2) is 0 Å². The fraction of sp³-hybridized carbons (Fsp3) is 0.206. The summed E-state index contributed by atoms with van der Waals surface area (Å²) in [7, 11) is 1.60. The molecule has 0 spiro atoms. The average molecular weight is 513 g/mol. The Morgan fingerprint density at radius 2 is 1.46 bits per heavy atom. The number of anilines is 1. The minimum Gasteiger partial charge on any atom is -0.497 e. The molecule has 0 aromatic heterocycles. The van der Waals surface area contributed by atoms with Gasteiger partial charge in [0.2, 0.25) is 11.8 Å². The van der Waals surface area contributed by atoms with Crippen LogP contribution in [0.25, 0.3) is 0 Å². The number of amides is 2. The van der Waals surface area contributed by atoms with E-state index in [9.17, 15) is 9.59 Å². The van der Waals surface area contributed by atoms with Crippen LogP contribution in [0.1, 0.15) is 39.3 Å². The van der Waals surface area contributed by atoms with Crippen molar-refractivity contribution in [3.63, 3.8) is 0 Å². The summed E-state index contributed by atoms with van der Waals surface area (Å²) in [6.07, 6.45) is 1.96. The summed E-state index contributed by atoms with van der Waals surface area (Å²) in [6.45, 7) is 4.09. The number of benzene rings is 4. The number of aliphatic imine (C=N–C) groups is 1. The first-order chi connectivity index (χ1) is 19.0. The van der Waals surface area contributed by atoms with Crippen molar-refractivity contribution in [2.24, 2.45) is 16.8 Å². The Hall–Kier alpha value is -4.51. The van der Waals surface area contributed by atoms with E-state index >= 15 is 0 Å². The highest BCUT2D eigenvalue weighted by Gasteiger charge is 2.67. The van der Waals surface area contributed by atoms with Crippen LogP contribution in [0.3, 0.4) is 0 Å². The van der Waals surface area contributed by atoms with Gasteiger partial charge in [-0.3, -0.25) is 14.6 Å². The van der Waals surface area contributed by atoms with Gasteiger partial charge in [0.05, 0.1) is 35.7 Å². The van der Waals surface area contributed by atoms with Crippen LogP contribution in [0.4, 0.5) is 11.4 Å². The summed E-state index contributed by atoms with van der Waals surface area (Å²) < 4.78 is 5.31. The van der Waals surface area contributed by atoms with Crippen molar-refractivity contribution in [3.05, 3.63) is 124 Å². The van der Waals surface area contributed by atoms with Crippen LogP contribution >= 0.6 is 0 Å². The summed E-state index contributed by atoms with van der Waals surface area (Å²) in [6, 6.07) is 29.9. The van der Waals surface area contributed by atoms with Crippen molar-refractivity contribution in [1.82, 2.24) is 0 Å². The summed E-state index contributed by atoms with van der Waals surface area (Å²) in [5, 5.41) is 0. The molecule has 5 nitrogen and oxygen atoms in total. The van der Waals surface area contributed by atoms with E-state index in [4.69, 9.17) is 9.73 Å². The first-order valence-corrected chi connectivity index (χ1v) is 13.3. The Kier molecular flexibility index (Phi) is 5.14. The molecule has 0 N–H and O–H groups in total. The molecule has 4 aromatic rings. The zero-order valence-corrected chi connectivity index (χ0v) is 22.1. The molecule has 2 amide bonds. The molecule has 5 heteroatoms. The van der Waals surface area contributed by atoms with Crippen molar-refractivity contribution >= 4 is 29.4 Å². The number of ether oxygens (including phenoxy) is 1. The summed E-state index contributed by atoms with van der Waals surface area (Å²) in [4.78, 5) is 35.2. The monoisotopic (exact) mass is 512 g/mol. The molecule has 0 saturated carbocycles. The third-order valence-corrected chi connectivity index (χ3v) is 8.79. The van der Waals surface area contributed by atoms with Gasteiger partial charge >= 0.3 is 0 Å². The highest BCUT2D eigenvalue weighted by molar-refractivity contribution is 6.25. The van der Waals surface area contributed by atoms with E-state index in [0.717, 1.165) is 39.1 Å². The van der Waals surface area contributed by atoms with Gasteiger partial charge in [-0.25, -0.2) is 4.90 Å². The molecule has 0 unspecified atom stereocenters. The zero-order valence-electron chi connectivity index (χ0n) is 22.1. The van der Waals surface area contributed by atoms with Gasteiger partial charge in [-0.15, -0.1) is 0 Å².